The lowest BCUT2D eigenvalue weighted by molar-refractivity contribution is -0.137. The molecule has 0 spiro atoms. The highest BCUT2D eigenvalue weighted by Crippen LogP contribution is 2.36. The van der Waals surface area contributed by atoms with Gasteiger partial charge in [0.05, 0.1) is 10.6 Å². The van der Waals surface area contributed by atoms with Gasteiger partial charge >= 0.3 is 6.18 Å². The van der Waals surface area contributed by atoms with Crippen LogP contribution in [-0.2, 0) is 12.7 Å². The van der Waals surface area contributed by atoms with Gasteiger partial charge in [-0.3, -0.25) is 0 Å². The Hall–Kier alpha value is -1.76. The van der Waals surface area contributed by atoms with Crippen LogP contribution >= 0.6 is 35.4 Å². The Morgan fingerprint density at radius 2 is 1.81 bits per heavy atom. The van der Waals surface area contributed by atoms with Crippen LogP contribution < -0.4 is 5.32 Å². The molecule has 2 nitrogen and oxygen atoms in total. The van der Waals surface area contributed by atoms with Crippen LogP contribution in [0.25, 0.3) is 0 Å². The fourth-order valence-corrected chi connectivity index (χ4v) is 4.12. The molecular formula is C23H23Cl2F3N2S. The fourth-order valence-electron chi connectivity index (χ4n) is 3.50. The highest BCUT2D eigenvalue weighted by atomic mass is 35.5. The summed E-state index contributed by atoms with van der Waals surface area (Å²) in [5.74, 6) is 0. The van der Waals surface area contributed by atoms with Crippen LogP contribution in [-0.4, -0.2) is 16.6 Å². The van der Waals surface area contributed by atoms with Gasteiger partial charge in [-0.1, -0.05) is 47.0 Å². The molecule has 1 aliphatic carbocycles. The van der Waals surface area contributed by atoms with Gasteiger partial charge in [0, 0.05) is 23.8 Å². The summed E-state index contributed by atoms with van der Waals surface area (Å²) in [7, 11) is 0. The number of hydrogen-bond acceptors (Lipinski definition) is 1. The second-order valence-electron chi connectivity index (χ2n) is 7.53. The maximum absolute atomic E-state index is 13.2. The minimum Gasteiger partial charge on any atom is -0.344 e. The molecular weight excluding hydrogens is 464 g/mol. The number of alkyl halides is 3. The van der Waals surface area contributed by atoms with Crippen molar-refractivity contribution in [3.63, 3.8) is 0 Å². The van der Waals surface area contributed by atoms with Gasteiger partial charge in [0.15, 0.2) is 5.11 Å². The van der Waals surface area contributed by atoms with Crippen LogP contribution in [0, 0.1) is 0 Å². The average Bonchev–Trinajstić information content (AvgIpc) is 2.73. The Morgan fingerprint density at radius 1 is 1.06 bits per heavy atom. The minimum absolute atomic E-state index is 0.250. The first-order valence-electron chi connectivity index (χ1n) is 10.1. The quantitative estimate of drug-likeness (QED) is 0.327. The van der Waals surface area contributed by atoms with E-state index in [-0.39, 0.29) is 10.7 Å². The maximum atomic E-state index is 13.2. The van der Waals surface area contributed by atoms with E-state index in [1.54, 1.807) is 0 Å². The summed E-state index contributed by atoms with van der Waals surface area (Å²) in [5.41, 5.74) is 1.78. The Bertz CT molecular complexity index is 943. The van der Waals surface area contributed by atoms with Crippen molar-refractivity contribution in [2.75, 3.05) is 11.9 Å². The van der Waals surface area contributed by atoms with Crippen molar-refractivity contribution >= 4 is 46.2 Å². The van der Waals surface area contributed by atoms with E-state index in [1.807, 2.05) is 29.2 Å². The zero-order valence-corrected chi connectivity index (χ0v) is 19.1. The molecule has 166 valence electrons. The SMILES string of the molecule is FC(F)(F)c1cc(NC(=S)N(CCC2=CCCCC2)Cc2ccc(Cl)cc2)ccc1Cl. The normalized spacial score (nSPS) is 14.2. The molecule has 1 aliphatic rings. The van der Waals surface area contributed by atoms with E-state index in [9.17, 15) is 13.2 Å². The third-order valence-electron chi connectivity index (χ3n) is 5.18. The summed E-state index contributed by atoms with van der Waals surface area (Å²) >= 11 is 17.3. The number of anilines is 1. The molecule has 8 heteroatoms. The van der Waals surface area contributed by atoms with Crippen molar-refractivity contribution in [2.45, 2.75) is 44.8 Å². The summed E-state index contributed by atoms with van der Waals surface area (Å²) < 4.78 is 39.6. The van der Waals surface area contributed by atoms with Crippen molar-refractivity contribution in [1.82, 2.24) is 4.90 Å². The van der Waals surface area contributed by atoms with Crippen molar-refractivity contribution < 1.29 is 13.2 Å². The molecule has 1 N–H and O–H groups in total. The largest absolute Gasteiger partial charge is 0.417 e. The van der Waals surface area contributed by atoms with Crippen LogP contribution in [0.15, 0.2) is 54.1 Å². The fraction of sp³-hybridized carbons (Fsp3) is 0.348. The monoisotopic (exact) mass is 486 g/mol. The number of benzene rings is 2. The highest BCUT2D eigenvalue weighted by Gasteiger charge is 2.33. The van der Waals surface area contributed by atoms with Crippen LogP contribution in [0.1, 0.15) is 43.2 Å². The van der Waals surface area contributed by atoms with Gasteiger partial charge in [-0.25, -0.2) is 0 Å². The molecule has 31 heavy (non-hydrogen) atoms. The van der Waals surface area contributed by atoms with Crippen molar-refractivity contribution in [2.24, 2.45) is 0 Å². The summed E-state index contributed by atoms with van der Waals surface area (Å²) in [4.78, 5) is 1.97. The molecule has 0 heterocycles. The average molecular weight is 487 g/mol. The lowest BCUT2D eigenvalue weighted by atomic mass is 9.97. The predicted molar refractivity (Wildman–Crippen MR) is 126 cm³/mol. The summed E-state index contributed by atoms with van der Waals surface area (Å²) in [6.45, 7) is 1.19. The van der Waals surface area contributed by atoms with Gasteiger partial charge in [0.2, 0.25) is 0 Å². The van der Waals surface area contributed by atoms with E-state index in [4.69, 9.17) is 35.4 Å². The van der Waals surface area contributed by atoms with Crippen LogP contribution in [0.2, 0.25) is 10.0 Å². The van der Waals surface area contributed by atoms with E-state index in [2.05, 4.69) is 11.4 Å². The van der Waals surface area contributed by atoms with Crippen molar-refractivity contribution in [1.29, 1.82) is 0 Å². The lowest BCUT2D eigenvalue weighted by Crippen LogP contribution is -2.35. The number of allylic oxidation sites excluding steroid dienone is 1. The Kier molecular flexibility index (Phi) is 8.25. The second-order valence-corrected chi connectivity index (χ2v) is 8.76. The van der Waals surface area contributed by atoms with E-state index >= 15 is 0 Å². The van der Waals surface area contributed by atoms with Gasteiger partial charge in [-0.2, -0.15) is 13.2 Å². The van der Waals surface area contributed by atoms with Crippen molar-refractivity contribution in [3.8, 4) is 0 Å². The minimum atomic E-state index is -4.53. The van der Waals surface area contributed by atoms with Crippen LogP contribution in [0.3, 0.4) is 0 Å². The molecule has 0 aromatic heterocycles. The number of halogens is 5. The van der Waals surface area contributed by atoms with E-state index in [0.29, 0.717) is 23.2 Å². The van der Waals surface area contributed by atoms with Crippen LogP contribution in [0.4, 0.5) is 18.9 Å². The first kappa shape index (κ1) is 23.9. The van der Waals surface area contributed by atoms with E-state index < -0.39 is 11.7 Å². The molecule has 0 fully saturated rings. The molecule has 0 saturated carbocycles. The zero-order valence-electron chi connectivity index (χ0n) is 16.8. The number of rotatable bonds is 6. The smallest absolute Gasteiger partial charge is 0.344 e. The van der Waals surface area contributed by atoms with Gasteiger partial charge in [0.1, 0.15) is 0 Å². The summed E-state index contributed by atoms with van der Waals surface area (Å²) in [6.07, 6.45) is 3.21. The molecule has 0 unspecified atom stereocenters. The van der Waals surface area contributed by atoms with Crippen LogP contribution in [0.5, 0.6) is 0 Å². The molecule has 3 rings (SSSR count). The third-order valence-corrected chi connectivity index (χ3v) is 6.13. The topological polar surface area (TPSA) is 15.3 Å². The summed E-state index contributed by atoms with van der Waals surface area (Å²) in [6, 6.07) is 11.2. The Morgan fingerprint density at radius 3 is 2.45 bits per heavy atom. The molecule has 0 amide bonds. The van der Waals surface area contributed by atoms with E-state index in [1.165, 1.54) is 30.5 Å². The zero-order chi connectivity index (χ0) is 22.4. The lowest BCUT2D eigenvalue weighted by Gasteiger charge is -2.27. The molecule has 2 aromatic carbocycles. The highest BCUT2D eigenvalue weighted by molar-refractivity contribution is 7.80. The number of nitrogens with one attached hydrogen (secondary N) is 1. The maximum Gasteiger partial charge on any atom is 0.417 e. The molecule has 0 aliphatic heterocycles. The van der Waals surface area contributed by atoms with E-state index in [0.717, 1.165) is 30.9 Å². The molecule has 2 aromatic rings. The second kappa shape index (κ2) is 10.7. The Balaban J connectivity index is 1.76. The molecule has 0 atom stereocenters. The first-order chi connectivity index (χ1) is 14.7. The van der Waals surface area contributed by atoms with Gasteiger partial charge in [0.25, 0.3) is 0 Å². The van der Waals surface area contributed by atoms with Gasteiger partial charge < -0.3 is 10.2 Å². The standard InChI is InChI=1S/C23H23Cl2F3N2S/c24-18-8-6-17(7-9-18)15-30(13-12-16-4-2-1-3-5-16)22(31)29-19-10-11-21(25)20(14-19)23(26,27)28/h4,6-11,14H,1-3,5,12-13,15H2,(H,29,31). The molecule has 0 radical (unpaired) electrons. The Labute approximate surface area is 196 Å². The first-order valence-corrected chi connectivity index (χ1v) is 11.2. The number of nitrogens with zero attached hydrogens (tertiary/aromatic N) is 1. The molecule has 0 bridgehead atoms. The predicted octanol–water partition coefficient (Wildman–Crippen LogP) is 8.10. The molecule has 0 saturated heterocycles. The number of thiocarbonyl (C=S) groups is 1. The summed E-state index contributed by atoms with van der Waals surface area (Å²) in [5, 5.41) is 3.62. The van der Waals surface area contributed by atoms with Gasteiger partial charge in [-0.05, 0) is 80.2 Å². The number of hydrogen-bond donors (Lipinski definition) is 1. The van der Waals surface area contributed by atoms with Gasteiger partial charge in [-0.15, -0.1) is 0 Å². The van der Waals surface area contributed by atoms with Crippen molar-refractivity contribution in [3.05, 3.63) is 75.3 Å². The third kappa shape index (κ3) is 7.13.